The number of rotatable bonds is 4. The standard InChI is InChI=1S/C12H17ClN4O2/c1-12(2,11(19)15-3)6-17-10(18)7-4-9(14)16-5-8(7)13/h4-5H,6H2,1-3H3,(H2,14,16)(H,15,19)(H,17,18). The van der Waals surface area contributed by atoms with Crippen molar-refractivity contribution >= 4 is 29.2 Å². The van der Waals surface area contributed by atoms with Crippen LogP contribution >= 0.6 is 11.6 Å². The van der Waals surface area contributed by atoms with Gasteiger partial charge in [0.25, 0.3) is 5.91 Å². The van der Waals surface area contributed by atoms with Crippen LogP contribution in [0.2, 0.25) is 5.02 Å². The lowest BCUT2D eigenvalue weighted by molar-refractivity contribution is -0.128. The summed E-state index contributed by atoms with van der Waals surface area (Å²) in [5.41, 5.74) is 5.03. The molecule has 0 fully saturated rings. The lowest BCUT2D eigenvalue weighted by Crippen LogP contribution is -2.43. The molecule has 0 atom stereocenters. The highest BCUT2D eigenvalue weighted by molar-refractivity contribution is 6.33. The van der Waals surface area contributed by atoms with E-state index in [1.54, 1.807) is 20.9 Å². The van der Waals surface area contributed by atoms with Crippen molar-refractivity contribution in [3.63, 3.8) is 0 Å². The van der Waals surface area contributed by atoms with Crippen molar-refractivity contribution in [3.8, 4) is 0 Å². The summed E-state index contributed by atoms with van der Waals surface area (Å²) in [7, 11) is 1.55. The molecule has 0 unspecified atom stereocenters. The highest BCUT2D eigenvalue weighted by atomic mass is 35.5. The van der Waals surface area contributed by atoms with Crippen LogP contribution in [-0.4, -0.2) is 30.4 Å². The molecule has 0 aliphatic heterocycles. The third-order valence-electron chi connectivity index (χ3n) is 2.65. The summed E-state index contributed by atoms with van der Waals surface area (Å²) in [6.45, 7) is 3.65. The van der Waals surface area contributed by atoms with Crippen LogP contribution in [0, 0.1) is 5.41 Å². The largest absolute Gasteiger partial charge is 0.384 e. The molecular weight excluding hydrogens is 268 g/mol. The van der Waals surface area contributed by atoms with E-state index in [-0.39, 0.29) is 28.9 Å². The molecule has 0 saturated heterocycles. The number of anilines is 1. The van der Waals surface area contributed by atoms with E-state index in [1.807, 2.05) is 0 Å². The number of nitrogens with one attached hydrogen (secondary N) is 2. The predicted octanol–water partition coefficient (Wildman–Crippen LogP) is 0.819. The van der Waals surface area contributed by atoms with Gasteiger partial charge in [0.05, 0.1) is 16.0 Å². The third-order valence-corrected chi connectivity index (χ3v) is 2.95. The average Bonchev–Trinajstić information content (AvgIpc) is 2.37. The van der Waals surface area contributed by atoms with Gasteiger partial charge in [0.1, 0.15) is 5.82 Å². The van der Waals surface area contributed by atoms with Gasteiger partial charge in [0.2, 0.25) is 5.91 Å². The number of carbonyl (C=O) groups is 2. The molecule has 0 aliphatic rings. The molecular formula is C12H17ClN4O2. The number of halogens is 1. The van der Waals surface area contributed by atoms with Crippen LogP contribution in [-0.2, 0) is 4.79 Å². The van der Waals surface area contributed by atoms with Crippen molar-refractivity contribution in [2.45, 2.75) is 13.8 Å². The maximum absolute atomic E-state index is 12.0. The first kappa shape index (κ1) is 15.2. The zero-order valence-corrected chi connectivity index (χ0v) is 11.8. The third kappa shape index (κ3) is 3.82. The zero-order valence-electron chi connectivity index (χ0n) is 11.1. The van der Waals surface area contributed by atoms with E-state index in [9.17, 15) is 9.59 Å². The van der Waals surface area contributed by atoms with E-state index in [2.05, 4.69) is 15.6 Å². The van der Waals surface area contributed by atoms with E-state index in [4.69, 9.17) is 17.3 Å². The van der Waals surface area contributed by atoms with E-state index in [0.29, 0.717) is 0 Å². The Kier molecular flexibility index (Phi) is 4.72. The molecule has 1 aromatic heterocycles. The fraction of sp³-hybridized carbons (Fsp3) is 0.417. The van der Waals surface area contributed by atoms with Crippen LogP contribution in [0.3, 0.4) is 0 Å². The second-order valence-corrected chi connectivity index (χ2v) is 5.14. The summed E-state index contributed by atoms with van der Waals surface area (Å²) in [6, 6.07) is 1.39. The van der Waals surface area contributed by atoms with Gasteiger partial charge in [-0.2, -0.15) is 0 Å². The number of nitrogens with two attached hydrogens (primary N) is 1. The quantitative estimate of drug-likeness (QED) is 0.762. The molecule has 2 amide bonds. The van der Waals surface area contributed by atoms with Crippen LogP contribution in [0.15, 0.2) is 12.3 Å². The normalized spacial score (nSPS) is 10.9. The Morgan fingerprint density at radius 1 is 1.47 bits per heavy atom. The molecule has 7 heteroatoms. The first-order valence-corrected chi connectivity index (χ1v) is 6.07. The number of nitrogen functional groups attached to an aromatic ring is 1. The molecule has 6 nitrogen and oxygen atoms in total. The fourth-order valence-corrected chi connectivity index (χ4v) is 1.63. The maximum Gasteiger partial charge on any atom is 0.253 e. The molecule has 0 saturated carbocycles. The van der Waals surface area contributed by atoms with Gasteiger partial charge in [-0.05, 0) is 19.9 Å². The SMILES string of the molecule is CNC(=O)C(C)(C)CNC(=O)c1cc(N)ncc1Cl. The Morgan fingerprint density at radius 2 is 2.11 bits per heavy atom. The number of pyridine rings is 1. The van der Waals surface area contributed by atoms with E-state index < -0.39 is 11.3 Å². The summed E-state index contributed by atoms with van der Waals surface area (Å²) >= 11 is 5.87. The Hall–Kier alpha value is -1.82. The number of amides is 2. The van der Waals surface area contributed by atoms with E-state index >= 15 is 0 Å². The molecule has 0 aliphatic carbocycles. The summed E-state index contributed by atoms with van der Waals surface area (Å²) in [6.07, 6.45) is 1.32. The fourth-order valence-electron chi connectivity index (χ4n) is 1.44. The zero-order chi connectivity index (χ0) is 14.6. The van der Waals surface area contributed by atoms with Crippen LogP contribution in [0.25, 0.3) is 0 Å². The van der Waals surface area contributed by atoms with E-state index in [0.717, 1.165) is 0 Å². The number of hydrogen-bond acceptors (Lipinski definition) is 4. The van der Waals surface area contributed by atoms with Crippen LogP contribution in [0.4, 0.5) is 5.82 Å². The van der Waals surface area contributed by atoms with Gasteiger partial charge in [0, 0.05) is 19.8 Å². The first-order valence-electron chi connectivity index (χ1n) is 5.69. The maximum atomic E-state index is 12.0. The second-order valence-electron chi connectivity index (χ2n) is 4.73. The predicted molar refractivity (Wildman–Crippen MR) is 73.8 cm³/mol. The van der Waals surface area contributed by atoms with Crippen molar-refractivity contribution in [3.05, 3.63) is 22.8 Å². The van der Waals surface area contributed by atoms with Crippen LogP contribution in [0.5, 0.6) is 0 Å². The number of aromatic nitrogens is 1. The minimum atomic E-state index is -0.713. The van der Waals surface area contributed by atoms with Crippen molar-refractivity contribution in [1.29, 1.82) is 0 Å². The molecule has 4 N–H and O–H groups in total. The molecule has 0 spiro atoms. The number of carbonyl (C=O) groups excluding carboxylic acids is 2. The summed E-state index contributed by atoms with van der Waals surface area (Å²) < 4.78 is 0. The number of nitrogens with zero attached hydrogens (tertiary/aromatic N) is 1. The summed E-state index contributed by atoms with van der Waals surface area (Å²) in [4.78, 5) is 27.3. The van der Waals surface area contributed by atoms with Gasteiger partial charge < -0.3 is 16.4 Å². The van der Waals surface area contributed by atoms with Gasteiger partial charge in [-0.25, -0.2) is 4.98 Å². The van der Waals surface area contributed by atoms with Crippen molar-refractivity contribution in [2.75, 3.05) is 19.3 Å². The molecule has 104 valence electrons. The molecule has 0 bridgehead atoms. The van der Waals surface area contributed by atoms with Gasteiger partial charge in [-0.3, -0.25) is 9.59 Å². The van der Waals surface area contributed by atoms with Crippen molar-refractivity contribution < 1.29 is 9.59 Å². The molecule has 0 radical (unpaired) electrons. The topological polar surface area (TPSA) is 97.1 Å². The molecule has 1 rings (SSSR count). The highest BCUT2D eigenvalue weighted by Crippen LogP contribution is 2.18. The summed E-state index contributed by atoms with van der Waals surface area (Å²) in [5.74, 6) is -0.343. The first-order chi connectivity index (χ1) is 8.77. The second kappa shape index (κ2) is 5.88. The monoisotopic (exact) mass is 284 g/mol. The lowest BCUT2D eigenvalue weighted by Gasteiger charge is -2.22. The minimum absolute atomic E-state index is 0.159. The Bertz CT molecular complexity index is 503. The minimum Gasteiger partial charge on any atom is -0.384 e. The van der Waals surface area contributed by atoms with Crippen molar-refractivity contribution in [2.24, 2.45) is 5.41 Å². The molecule has 1 heterocycles. The molecule has 1 aromatic rings. The van der Waals surface area contributed by atoms with Gasteiger partial charge >= 0.3 is 0 Å². The van der Waals surface area contributed by atoms with E-state index in [1.165, 1.54) is 12.3 Å². The molecule has 19 heavy (non-hydrogen) atoms. The van der Waals surface area contributed by atoms with Crippen LogP contribution in [0.1, 0.15) is 24.2 Å². The van der Waals surface area contributed by atoms with Crippen LogP contribution < -0.4 is 16.4 Å². The number of hydrogen-bond donors (Lipinski definition) is 3. The Morgan fingerprint density at radius 3 is 2.68 bits per heavy atom. The van der Waals surface area contributed by atoms with Gasteiger partial charge in [0.15, 0.2) is 0 Å². The van der Waals surface area contributed by atoms with Gasteiger partial charge in [-0.15, -0.1) is 0 Å². The molecule has 0 aromatic carbocycles. The highest BCUT2D eigenvalue weighted by Gasteiger charge is 2.27. The van der Waals surface area contributed by atoms with Crippen molar-refractivity contribution in [1.82, 2.24) is 15.6 Å². The summed E-state index contributed by atoms with van der Waals surface area (Å²) in [5, 5.41) is 5.41. The average molecular weight is 285 g/mol. The van der Waals surface area contributed by atoms with Gasteiger partial charge in [-0.1, -0.05) is 11.6 Å². The Balaban J connectivity index is 2.76. The lowest BCUT2D eigenvalue weighted by atomic mass is 9.92. The Labute approximate surface area is 116 Å². The smallest absolute Gasteiger partial charge is 0.253 e.